The highest BCUT2D eigenvalue weighted by molar-refractivity contribution is 9.12. The molecule has 3 nitrogen and oxygen atoms in total. The zero-order valence-electron chi connectivity index (χ0n) is 8.96. The third-order valence-corrected chi connectivity index (χ3v) is 3.02. The predicted molar refractivity (Wildman–Crippen MR) is 61.4 cm³/mol. The molecule has 0 unspecified atom stereocenters. The van der Waals surface area contributed by atoms with Gasteiger partial charge in [-0.15, -0.1) is 0 Å². The Labute approximate surface area is 99.3 Å². The Hall–Kier alpha value is -0.0800. The SMILES string of the molecule is COCOC[C@@H]1CCCC[C@@]1(O)C#CBr. The third kappa shape index (κ3) is 3.76. The smallest absolute Gasteiger partial charge is 0.146 e. The molecule has 2 atom stereocenters. The molecule has 1 aliphatic rings. The monoisotopic (exact) mass is 276 g/mol. The lowest BCUT2D eigenvalue weighted by molar-refractivity contribution is -0.0861. The third-order valence-electron chi connectivity index (χ3n) is 2.82. The maximum atomic E-state index is 10.3. The van der Waals surface area contributed by atoms with Gasteiger partial charge in [-0.3, -0.25) is 0 Å². The first kappa shape index (κ1) is 13.0. The average molecular weight is 277 g/mol. The van der Waals surface area contributed by atoms with Gasteiger partial charge in [0, 0.05) is 29.0 Å². The minimum atomic E-state index is -0.893. The maximum Gasteiger partial charge on any atom is 0.146 e. The summed E-state index contributed by atoms with van der Waals surface area (Å²) in [7, 11) is 1.59. The average Bonchev–Trinajstić information content (AvgIpc) is 2.21. The first-order valence-corrected chi connectivity index (χ1v) is 5.94. The Morgan fingerprint density at radius 3 is 3.00 bits per heavy atom. The fourth-order valence-electron chi connectivity index (χ4n) is 1.97. The predicted octanol–water partition coefficient (Wildman–Crippen LogP) is 1.88. The number of hydrogen-bond acceptors (Lipinski definition) is 3. The van der Waals surface area contributed by atoms with Crippen LogP contribution in [0.3, 0.4) is 0 Å². The Morgan fingerprint density at radius 1 is 1.53 bits per heavy atom. The van der Waals surface area contributed by atoms with Gasteiger partial charge in [-0.05, 0) is 24.1 Å². The van der Waals surface area contributed by atoms with Crippen molar-refractivity contribution >= 4 is 15.9 Å². The van der Waals surface area contributed by atoms with Crippen LogP contribution in [-0.4, -0.2) is 31.2 Å². The van der Waals surface area contributed by atoms with Crippen LogP contribution in [-0.2, 0) is 9.47 Å². The summed E-state index contributed by atoms with van der Waals surface area (Å²) < 4.78 is 10.1. The molecule has 0 amide bonds. The van der Waals surface area contributed by atoms with Gasteiger partial charge < -0.3 is 14.6 Å². The number of rotatable bonds is 4. The molecule has 0 aromatic heterocycles. The van der Waals surface area contributed by atoms with Crippen molar-refractivity contribution in [2.24, 2.45) is 5.92 Å². The molecule has 0 aliphatic heterocycles. The molecule has 4 heteroatoms. The van der Waals surface area contributed by atoms with Crippen LogP contribution in [0.2, 0.25) is 0 Å². The molecule has 0 saturated heterocycles. The lowest BCUT2D eigenvalue weighted by Gasteiger charge is -2.35. The summed E-state index contributed by atoms with van der Waals surface area (Å²) >= 11 is 3.04. The first-order chi connectivity index (χ1) is 7.23. The Kier molecular flexibility index (Phi) is 5.62. The Morgan fingerprint density at radius 2 is 2.33 bits per heavy atom. The van der Waals surface area contributed by atoms with Crippen LogP contribution in [0.1, 0.15) is 25.7 Å². The maximum absolute atomic E-state index is 10.3. The lowest BCUT2D eigenvalue weighted by Crippen LogP contribution is -2.41. The van der Waals surface area contributed by atoms with Crippen LogP contribution < -0.4 is 0 Å². The Balaban J connectivity index is 2.52. The normalized spacial score (nSPS) is 30.7. The molecular formula is C11H17BrO3. The first-order valence-electron chi connectivity index (χ1n) is 5.15. The fourth-order valence-corrected chi connectivity index (χ4v) is 2.31. The largest absolute Gasteiger partial charge is 0.377 e. The van der Waals surface area contributed by atoms with Crippen LogP contribution in [0.5, 0.6) is 0 Å². The Bertz CT molecular complexity index is 246. The molecule has 0 aromatic rings. The van der Waals surface area contributed by atoms with E-state index in [-0.39, 0.29) is 12.7 Å². The van der Waals surface area contributed by atoms with Crippen molar-refractivity contribution in [3.8, 4) is 10.8 Å². The van der Waals surface area contributed by atoms with E-state index in [0.717, 1.165) is 25.7 Å². The van der Waals surface area contributed by atoms with Crippen molar-refractivity contribution in [2.45, 2.75) is 31.3 Å². The van der Waals surface area contributed by atoms with Crippen molar-refractivity contribution in [2.75, 3.05) is 20.5 Å². The summed E-state index contributed by atoms with van der Waals surface area (Å²) in [5, 5.41) is 10.3. The van der Waals surface area contributed by atoms with Crippen molar-refractivity contribution in [3.05, 3.63) is 0 Å². The lowest BCUT2D eigenvalue weighted by atomic mass is 9.76. The van der Waals surface area contributed by atoms with E-state index < -0.39 is 5.60 Å². The summed E-state index contributed by atoms with van der Waals surface area (Å²) in [5.74, 6) is 2.93. The molecule has 1 fully saturated rings. The van der Waals surface area contributed by atoms with Crippen LogP contribution in [0.25, 0.3) is 0 Å². The molecule has 1 saturated carbocycles. The van der Waals surface area contributed by atoms with Crippen molar-refractivity contribution in [1.29, 1.82) is 0 Å². The second kappa shape index (κ2) is 6.49. The van der Waals surface area contributed by atoms with E-state index >= 15 is 0 Å². The highest BCUT2D eigenvalue weighted by Crippen LogP contribution is 2.33. The number of ether oxygens (including phenoxy) is 2. The molecule has 15 heavy (non-hydrogen) atoms. The van der Waals surface area contributed by atoms with Gasteiger partial charge >= 0.3 is 0 Å². The number of halogens is 1. The molecule has 0 heterocycles. The second-order valence-electron chi connectivity index (χ2n) is 3.86. The summed E-state index contributed by atoms with van der Waals surface area (Å²) in [4.78, 5) is 2.62. The van der Waals surface area contributed by atoms with Crippen LogP contribution in [0.4, 0.5) is 0 Å². The molecule has 0 aromatic carbocycles. The molecule has 0 bridgehead atoms. The molecule has 0 spiro atoms. The fraction of sp³-hybridized carbons (Fsp3) is 0.818. The molecule has 1 N–H and O–H groups in total. The van der Waals surface area contributed by atoms with E-state index in [1.165, 1.54) is 0 Å². The second-order valence-corrected chi connectivity index (χ2v) is 4.26. The molecule has 86 valence electrons. The number of hydrogen-bond donors (Lipinski definition) is 1. The number of methoxy groups -OCH3 is 1. The minimum Gasteiger partial charge on any atom is -0.377 e. The van der Waals surface area contributed by atoms with Crippen molar-refractivity contribution in [1.82, 2.24) is 0 Å². The van der Waals surface area contributed by atoms with Crippen LogP contribution in [0.15, 0.2) is 0 Å². The van der Waals surface area contributed by atoms with Crippen molar-refractivity contribution in [3.63, 3.8) is 0 Å². The van der Waals surface area contributed by atoms with Gasteiger partial charge in [-0.1, -0.05) is 12.3 Å². The van der Waals surface area contributed by atoms with E-state index in [1.807, 2.05) is 0 Å². The molecule has 0 radical (unpaired) electrons. The summed E-state index contributed by atoms with van der Waals surface area (Å²) in [6, 6.07) is 0. The van der Waals surface area contributed by atoms with Gasteiger partial charge in [-0.25, -0.2) is 0 Å². The summed E-state index contributed by atoms with van der Waals surface area (Å²) in [5.41, 5.74) is -0.893. The van der Waals surface area contributed by atoms with Crippen molar-refractivity contribution < 1.29 is 14.6 Å². The highest BCUT2D eigenvalue weighted by atomic mass is 79.9. The molecule has 1 rings (SSSR count). The molecule has 1 aliphatic carbocycles. The van der Waals surface area contributed by atoms with E-state index in [0.29, 0.717) is 6.61 Å². The zero-order chi connectivity index (χ0) is 11.1. The van der Waals surface area contributed by atoms with Gasteiger partial charge in [0.2, 0.25) is 0 Å². The van der Waals surface area contributed by atoms with Gasteiger partial charge in [-0.2, -0.15) is 0 Å². The number of aliphatic hydroxyl groups is 1. The van der Waals surface area contributed by atoms with E-state index in [1.54, 1.807) is 7.11 Å². The van der Waals surface area contributed by atoms with Gasteiger partial charge in [0.25, 0.3) is 0 Å². The van der Waals surface area contributed by atoms with Gasteiger partial charge in [0.15, 0.2) is 0 Å². The van der Waals surface area contributed by atoms with Gasteiger partial charge in [0.05, 0.1) is 6.61 Å². The van der Waals surface area contributed by atoms with E-state index in [4.69, 9.17) is 9.47 Å². The zero-order valence-corrected chi connectivity index (χ0v) is 10.5. The van der Waals surface area contributed by atoms with E-state index in [9.17, 15) is 5.11 Å². The summed E-state index contributed by atoms with van der Waals surface area (Å²) in [6.07, 6.45) is 3.85. The topological polar surface area (TPSA) is 38.7 Å². The van der Waals surface area contributed by atoms with Gasteiger partial charge in [0.1, 0.15) is 12.4 Å². The minimum absolute atomic E-state index is 0.0893. The quantitative estimate of drug-likeness (QED) is 0.484. The standard InChI is InChI=1S/C11H17BrO3/c1-14-9-15-8-10-4-2-3-5-11(10,13)6-7-12/h10,13H,2-5,8-9H2,1H3/t10-,11+/m0/s1. The van der Waals surface area contributed by atoms with Crippen LogP contribution >= 0.6 is 15.9 Å². The van der Waals surface area contributed by atoms with E-state index in [2.05, 4.69) is 26.7 Å². The highest BCUT2D eigenvalue weighted by Gasteiger charge is 2.37. The molecular weight excluding hydrogens is 260 g/mol. The van der Waals surface area contributed by atoms with Crippen LogP contribution in [0, 0.1) is 16.7 Å². The summed E-state index contributed by atoms with van der Waals surface area (Å²) in [6.45, 7) is 0.778.